The van der Waals surface area contributed by atoms with E-state index < -0.39 is 40.4 Å². The Labute approximate surface area is 95.8 Å². The van der Waals surface area contributed by atoms with E-state index >= 15 is 0 Å². The summed E-state index contributed by atoms with van der Waals surface area (Å²) in [5.74, 6) is -2.06. The molecule has 0 aliphatic carbocycles. The predicted octanol–water partition coefficient (Wildman–Crippen LogP) is 3.39. The first-order chi connectivity index (χ1) is 7.66. The van der Waals surface area contributed by atoms with Crippen LogP contribution < -0.4 is 0 Å². The average Bonchev–Trinajstić information content (AvgIpc) is 2.14. The summed E-state index contributed by atoms with van der Waals surface area (Å²) in [5.41, 5.74) is -5.10. The lowest BCUT2D eigenvalue weighted by molar-refractivity contribution is -0.140. The summed E-state index contributed by atoms with van der Waals surface area (Å²) >= 11 is 5.17. The number of nitrogens with zero attached hydrogens (tertiary/aromatic N) is 1. The van der Waals surface area contributed by atoms with Crippen molar-refractivity contribution in [1.29, 1.82) is 0 Å². The third-order valence-corrected chi connectivity index (χ3v) is 2.08. The van der Waals surface area contributed by atoms with Crippen LogP contribution in [0.25, 0.3) is 0 Å². The molecular weight excluding hydrogens is 273 g/mol. The molecule has 0 atom stereocenters. The van der Waals surface area contributed by atoms with Crippen molar-refractivity contribution < 1.29 is 31.9 Å². The molecule has 0 radical (unpaired) electrons. The maximum absolute atomic E-state index is 12.5. The van der Waals surface area contributed by atoms with Gasteiger partial charge in [0, 0.05) is 6.20 Å². The first-order valence-corrected chi connectivity index (χ1v) is 4.31. The number of alkyl halides is 5. The Kier molecular flexibility index (Phi) is 3.56. The molecule has 0 unspecified atom stereocenters. The molecule has 0 spiro atoms. The van der Waals surface area contributed by atoms with Crippen LogP contribution in [-0.2, 0) is 6.18 Å². The Bertz CT molecular complexity index is 460. The highest BCUT2D eigenvalue weighted by Crippen LogP contribution is 2.41. The van der Waals surface area contributed by atoms with Crippen molar-refractivity contribution >= 4 is 17.6 Å². The normalized spacial score (nSPS) is 11.9. The largest absolute Gasteiger partial charge is 0.476 e. The molecule has 3 nitrogen and oxygen atoms in total. The van der Waals surface area contributed by atoms with Crippen molar-refractivity contribution in [2.24, 2.45) is 0 Å². The third kappa shape index (κ3) is 2.63. The Morgan fingerprint density at radius 2 is 1.94 bits per heavy atom. The van der Waals surface area contributed by atoms with Gasteiger partial charge in [0.15, 0.2) is 5.69 Å². The lowest BCUT2D eigenvalue weighted by Crippen LogP contribution is -2.18. The van der Waals surface area contributed by atoms with Gasteiger partial charge in [0.1, 0.15) is 0 Å². The molecule has 1 aromatic heterocycles. The highest BCUT2D eigenvalue weighted by Gasteiger charge is 2.42. The van der Waals surface area contributed by atoms with Crippen LogP contribution in [0, 0.1) is 0 Å². The van der Waals surface area contributed by atoms with E-state index in [2.05, 4.69) is 4.98 Å². The topological polar surface area (TPSA) is 50.2 Å². The number of carboxylic acid groups (broad SMARTS) is 1. The highest BCUT2D eigenvalue weighted by molar-refractivity contribution is 6.31. The molecule has 94 valence electrons. The number of pyridine rings is 1. The van der Waals surface area contributed by atoms with Crippen LogP contribution in [0.3, 0.4) is 0 Å². The molecule has 1 N–H and O–H groups in total. The molecule has 0 bridgehead atoms. The summed E-state index contributed by atoms with van der Waals surface area (Å²) in [6, 6.07) is 0. The van der Waals surface area contributed by atoms with Gasteiger partial charge < -0.3 is 5.11 Å². The number of aromatic carboxylic acids is 1. The summed E-state index contributed by atoms with van der Waals surface area (Å²) in [6.07, 6.45) is -8.39. The maximum Gasteiger partial charge on any atom is 0.419 e. The lowest BCUT2D eigenvalue weighted by Gasteiger charge is -2.15. The summed E-state index contributed by atoms with van der Waals surface area (Å²) in [5, 5.41) is 7.54. The van der Waals surface area contributed by atoms with Crippen LogP contribution >= 0.6 is 11.6 Å². The van der Waals surface area contributed by atoms with Gasteiger partial charge in [-0.15, -0.1) is 0 Å². The summed E-state index contributed by atoms with van der Waals surface area (Å²) in [7, 11) is 0. The van der Waals surface area contributed by atoms with Crippen molar-refractivity contribution in [3.63, 3.8) is 0 Å². The molecule has 1 heterocycles. The Morgan fingerprint density at radius 3 is 2.29 bits per heavy atom. The number of carboxylic acids is 1. The number of aromatic nitrogens is 1. The van der Waals surface area contributed by atoms with E-state index in [0.717, 1.165) is 0 Å². The molecule has 1 aromatic rings. The summed E-state index contributed by atoms with van der Waals surface area (Å²) in [6.45, 7) is 0. The fourth-order valence-electron chi connectivity index (χ4n) is 1.16. The molecule has 0 aliphatic heterocycles. The number of halogens is 6. The Hall–Kier alpha value is -1.44. The molecule has 1 rings (SSSR count). The fourth-order valence-corrected chi connectivity index (χ4v) is 1.39. The standard InChI is InChI=1S/C8H3ClF5NO2/c9-2-1-15-5(7(16)17)4(8(12,13)14)3(2)6(10)11/h1,6H,(H,16,17). The van der Waals surface area contributed by atoms with E-state index in [1.807, 2.05) is 0 Å². The minimum absolute atomic E-state index is 0.446. The van der Waals surface area contributed by atoms with Crippen LogP contribution in [-0.4, -0.2) is 16.1 Å². The van der Waals surface area contributed by atoms with E-state index in [4.69, 9.17) is 16.7 Å². The van der Waals surface area contributed by atoms with Crippen LogP contribution in [0.1, 0.15) is 28.0 Å². The van der Waals surface area contributed by atoms with E-state index in [1.54, 1.807) is 0 Å². The number of carbonyl (C=O) groups is 1. The lowest BCUT2D eigenvalue weighted by atomic mass is 10.1. The highest BCUT2D eigenvalue weighted by atomic mass is 35.5. The Morgan fingerprint density at radius 1 is 1.41 bits per heavy atom. The number of hydrogen-bond acceptors (Lipinski definition) is 2. The monoisotopic (exact) mass is 275 g/mol. The maximum atomic E-state index is 12.5. The predicted molar refractivity (Wildman–Crippen MR) is 46.2 cm³/mol. The minimum atomic E-state index is -5.28. The van der Waals surface area contributed by atoms with Crippen molar-refractivity contribution in [1.82, 2.24) is 4.98 Å². The molecule has 0 saturated carbocycles. The van der Waals surface area contributed by atoms with Gasteiger partial charge in [-0.05, 0) is 0 Å². The summed E-state index contributed by atoms with van der Waals surface area (Å²) < 4.78 is 62.5. The summed E-state index contributed by atoms with van der Waals surface area (Å²) in [4.78, 5) is 13.4. The van der Waals surface area contributed by atoms with Crippen LogP contribution in [0.15, 0.2) is 6.20 Å². The second-order valence-electron chi connectivity index (χ2n) is 2.85. The quantitative estimate of drug-likeness (QED) is 0.842. The molecule has 0 fully saturated rings. The number of rotatable bonds is 2. The third-order valence-electron chi connectivity index (χ3n) is 1.77. The molecule has 0 amide bonds. The molecule has 0 saturated heterocycles. The minimum Gasteiger partial charge on any atom is -0.476 e. The SMILES string of the molecule is O=C(O)c1ncc(Cl)c(C(F)F)c1C(F)(F)F. The molecule has 0 aromatic carbocycles. The zero-order chi connectivity index (χ0) is 13.4. The van der Waals surface area contributed by atoms with Gasteiger partial charge in [0.25, 0.3) is 6.43 Å². The molecular formula is C8H3ClF5NO2. The smallest absolute Gasteiger partial charge is 0.419 e. The number of hydrogen-bond donors (Lipinski definition) is 1. The van der Waals surface area contributed by atoms with Crippen LogP contribution in [0.4, 0.5) is 22.0 Å². The van der Waals surface area contributed by atoms with Crippen molar-refractivity contribution in [2.75, 3.05) is 0 Å². The first-order valence-electron chi connectivity index (χ1n) is 3.93. The average molecular weight is 276 g/mol. The second-order valence-corrected chi connectivity index (χ2v) is 3.25. The molecule has 0 aliphatic rings. The second kappa shape index (κ2) is 4.44. The molecule has 9 heteroatoms. The zero-order valence-corrected chi connectivity index (χ0v) is 8.48. The van der Waals surface area contributed by atoms with Gasteiger partial charge in [-0.3, -0.25) is 0 Å². The fraction of sp³-hybridized carbons (Fsp3) is 0.250. The molecule has 17 heavy (non-hydrogen) atoms. The van der Waals surface area contributed by atoms with E-state index in [9.17, 15) is 26.7 Å². The first kappa shape index (κ1) is 13.6. The van der Waals surface area contributed by atoms with Crippen LogP contribution in [0.5, 0.6) is 0 Å². The van der Waals surface area contributed by atoms with Gasteiger partial charge in [0.2, 0.25) is 0 Å². The van der Waals surface area contributed by atoms with E-state index in [1.165, 1.54) is 0 Å². The zero-order valence-electron chi connectivity index (χ0n) is 7.73. The Balaban J connectivity index is 3.68. The van der Waals surface area contributed by atoms with Crippen LogP contribution in [0.2, 0.25) is 5.02 Å². The van der Waals surface area contributed by atoms with Gasteiger partial charge >= 0.3 is 12.1 Å². The van der Waals surface area contributed by atoms with Crippen molar-refractivity contribution in [3.8, 4) is 0 Å². The van der Waals surface area contributed by atoms with Crippen molar-refractivity contribution in [3.05, 3.63) is 28.0 Å². The van der Waals surface area contributed by atoms with Gasteiger partial charge in [0.05, 0.1) is 16.1 Å². The van der Waals surface area contributed by atoms with E-state index in [-0.39, 0.29) is 0 Å². The van der Waals surface area contributed by atoms with Gasteiger partial charge in [-0.2, -0.15) is 13.2 Å². The van der Waals surface area contributed by atoms with Gasteiger partial charge in [-0.1, -0.05) is 11.6 Å². The van der Waals surface area contributed by atoms with Crippen molar-refractivity contribution in [2.45, 2.75) is 12.6 Å². The van der Waals surface area contributed by atoms with E-state index in [0.29, 0.717) is 6.20 Å². The van der Waals surface area contributed by atoms with Gasteiger partial charge in [-0.25, -0.2) is 18.6 Å².